The molecule has 2 heterocycles. The van der Waals surface area contributed by atoms with E-state index in [0.717, 1.165) is 11.1 Å². The fraction of sp³-hybridized carbons (Fsp3) is 0.0500. The Labute approximate surface area is 159 Å². The molecule has 0 radical (unpaired) electrons. The average molecular weight is 381 g/mol. The van der Waals surface area contributed by atoms with Gasteiger partial charge >= 0.3 is 0 Å². The van der Waals surface area contributed by atoms with Crippen LogP contribution >= 0.6 is 11.6 Å². The molecule has 134 valence electrons. The first-order valence-corrected chi connectivity index (χ1v) is 8.54. The minimum atomic E-state index is -0.306. The number of halogens is 2. The van der Waals surface area contributed by atoms with Crippen molar-refractivity contribution >= 4 is 28.6 Å². The summed E-state index contributed by atoms with van der Waals surface area (Å²) in [4.78, 5) is 13.0. The molecule has 4 aromatic rings. The topological polar surface area (TPSA) is 73.9 Å². The van der Waals surface area contributed by atoms with Crippen LogP contribution in [0.15, 0.2) is 60.7 Å². The van der Waals surface area contributed by atoms with Crippen molar-refractivity contribution in [1.82, 2.24) is 15.0 Å². The lowest BCUT2D eigenvalue weighted by atomic mass is 10.1. The van der Waals surface area contributed by atoms with E-state index in [1.807, 2.05) is 18.2 Å². The summed E-state index contributed by atoms with van der Waals surface area (Å²) in [6, 6.07) is 17.0. The summed E-state index contributed by atoms with van der Waals surface area (Å²) < 4.78 is 19.0. The summed E-state index contributed by atoms with van der Waals surface area (Å²) in [6.07, 6.45) is 0. The molecule has 0 aliphatic rings. The van der Waals surface area contributed by atoms with E-state index in [1.165, 1.54) is 12.1 Å². The Kier molecular flexibility index (Phi) is 4.56. The van der Waals surface area contributed by atoms with Crippen molar-refractivity contribution in [3.63, 3.8) is 0 Å². The Morgan fingerprint density at radius 1 is 0.926 bits per heavy atom. The van der Waals surface area contributed by atoms with Crippen LogP contribution in [0, 0.1) is 5.82 Å². The van der Waals surface area contributed by atoms with Crippen LogP contribution in [0.4, 0.5) is 10.3 Å². The van der Waals surface area contributed by atoms with Gasteiger partial charge in [0.25, 0.3) is 0 Å². The van der Waals surface area contributed by atoms with Gasteiger partial charge in [-0.2, -0.15) is 4.98 Å². The van der Waals surface area contributed by atoms with Crippen LogP contribution in [0.5, 0.6) is 5.88 Å². The molecule has 0 saturated heterocycles. The minimum absolute atomic E-state index is 0.0907. The van der Waals surface area contributed by atoms with Gasteiger partial charge in [0.15, 0.2) is 5.52 Å². The number of fused-ring (bicyclic) bond motifs is 1. The summed E-state index contributed by atoms with van der Waals surface area (Å²) in [7, 11) is 0. The minimum Gasteiger partial charge on any atom is -0.471 e. The second-order valence-corrected chi connectivity index (χ2v) is 6.25. The van der Waals surface area contributed by atoms with E-state index in [0.29, 0.717) is 21.7 Å². The molecule has 0 fully saturated rings. The van der Waals surface area contributed by atoms with Gasteiger partial charge in [0.2, 0.25) is 11.8 Å². The second-order valence-electron chi connectivity index (χ2n) is 5.84. The second kappa shape index (κ2) is 7.17. The van der Waals surface area contributed by atoms with E-state index in [2.05, 4.69) is 15.0 Å². The van der Waals surface area contributed by atoms with Crippen LogP contribution in [-0.4, -0.2) is 15.0 Å². The maximum absolute atomic E-state index is 13.2. The van der Waals surface area contributed by atoms with Crippen LogP contribution in [0.25, 0.3) is 22.3 Å². The highest BCUT2D eigenvalue weighted by Gasteiger charge is 2.12. The number of nitrogen functional groups attached to an aromatic ring is 1. The molecule has 0 unspecified atom stereocenters. The van der Waals surface area contributed by atoms with Gasteiger partial charge in [-0.05, 0) is 42.5 Å². The lowest BCUT2D eigenvalue weighted by Gasteiger charge is -2.10. The van der Waals surface area contributed by atoms with Gasteiger partial charge < -0.3 is 10.5 Å². The van der Waals surface area contributed by atoms with Gasteiger partial charge in [-0.1, -0.05) is 29.8 Å². The smallest absolute Gasteiger partial charge is 0.245 e. The van der Waals surface area contributed by atoms with E-state index < -0.39 is 0 Å². The van der Waals surface area contributed by atoms with Crippen LogP contribution in [0.3, 0.4) is 0 Å². The standard InChI is InChI=1S/C20H14ClFN4O/c21-15-4-2-1-3-13(15)11-27-19-18-17(25-20(23)26-19)10-9-16(24-18)12-5-7-14(22)8-6-12/h1-10H,11H2,(H2,23,25,26). The Balaban J connectivity index is 1.73. The molecule has 7 heteroatoms. The number of hydrogen-bond donors (Lipinski definition) is 1. The molecule has 0 bridgehead atoms. The molecule has 27 heavy (non-hydrogen) atoms. The van der Waals surface area contributed by atoms with Gasteiger partial charge in [0.05, 0.1) is 11.2 Å². The molecular formula is C20H14ClFN4O. The lowest BCUT2D eigenvalue weighted by molar-refractivity contribution is 0.297. The Bertz CT molecular complexity index is 1120. The number of rotatable bonds is 4. The SMILES string of the molecule is Nc1nc(OCc2ccccc2Cl)c2nc(-c3ccc(F)cc3)ccc2n1. The molecule has 2 N–H and O–H groups in total. The number of pyridine rings is 1. The van der Waals surface area contributed by atoms with Gasteiger partial charge in [-0.15, -0.1) is 0 Å². The van der Waals surface area contributed by atoms with Crippen molar-refractivity contribution in [3.8, 4) is 17.1 Å². The maximum Gasteiger partial charge on any atom is 0.245 e. The molecule has 0 spiro atoms. The molecule has 0 aliphatic carbocycles. The summed E-state index contributed by atoms with van der Waals surface area (Å²) in [5.74, 6) is 0.0498. The summed E-state index contributed by atoms with van der Waals surface area (Å²) in [6.45, 7) is 0.216. The van der Waals surface area contributed by atoms with Gasteiger partial charge in [-0.25, -0.2) is 14.4 Å². The average Bonchev–Trinajstić information content (AvgIpc) is 2.67. The molecule has 2 aromatic heterocycles. The maximum atomic E-state index is 13.2. The van der Waals surface area contributed by atoms with Crippen molar-refractivity contribution < 1.29 is 9.13 Å². The highest BCUT2D eigenvalue weighted by Crippen LogP contribution is 2.27. The van der Waals surface area contributed by atoms with Gasteiger partial charge in [0, 0.05) is 16.1 Å². The largest absolute Gasteiger partial charge is 0.471 e. The van der Waals surface area contributed by atoms with E-state index in [9.17, 15) is 4.39 Å². The van der Waals surface area contributed by atoms with Gasteiger partial charge in [0.1, 0.15) is 12.4 Å². The Morgan fingerprint density at radius 2 is 1.70 bits per heavy atom. The monoisotopic (exact) mass is 380 g/mol. The summed E-state index contributed by atoms with van der Waals surface area (Å²) in [5, 5.41) is 0.601. The first-order chi connectivity index (χ1) is 13.1. The Morgan fingerprint density at radius 3 is 2.48 bits per heavy atom. The zero-order valence-electron chi connectivity index (χ0n) is 14.1. The van der Waals surface area contributed by atoms with Crippen molar-refractivity contribution in [2.75, 3.05) is 5.73 Å². The molecule has 0 amide bonds. The third kappa shape index (κ3) is 3.66. The predicted molar refractivity (Wildman–Crippen MR) is 103 cm³/mol. The van der Waals surface area contributed by atoms with Crippen LogP contribution in [-0.2, 0) is 6.61 Å². The normalized spacial score (nSPS) is 10.9. The number of benzene rings is 2. The fourth-order valence-corrected chi connectivity index (χ4v) is 2.84. The van der Waals surface area contributed by atoms with E-state index >= 15 is 0 Å². The van der Waals surface area contributed by atoms with E-state index in [-0.39, 0.29) is 24.3 Å². The molecule has 0 atom stereocenters. The molecule has 0 saturated carbocycles. The Hall–Kier alpha value is -3.25. The first kappa shape index (κ1) is 17.2. The van der Waals surface area contributed by atoms with Crippen molar-refractivity contribution in [1.29, 1.82) is 0 Å². The third-order valence-corrected chi connectivity index (χ3v) is 4.36. The molecule has 5 nitrogen and oxygen atoms in total. The summed E-state index contributed by atoms with van der Waals surface area (Å²) in [5.41, 5.74) is 9.06. The van der Waals surface area contributed by atoms with Crippen LogP contribution in [0.2, 0.25) is 5.02 Å². The molecule has 0 aliphatic heterocycles. The zero-order chi connectivity index (χ0) is 18.8. The van der Waals surface area contributed by atoms with Crippen molar-refractivity contribution in [2.24, 2.45) is 0 Å². The summed E-state index contributed by atoms with van der Waals surface area (Å²) >= 11 is 6.17. The molecular weight excluding hydrogens is 367 g/mol. The number of hydrogen-bond acceptors (Lipinski definition) is 5. The number of ether oxygens (including phenoxy) is 1. The molecule has 2 aromatic carbocycles. The highest BCUT2D eigenvalue weighted by molar-refractivity contribution is 6.31. The lowest BCUT2D eigenvalue weighted by Crippen LogP contribution is -2.04. The first-order valence-electron chi connectivity index (χ1n) is 8.16. The third-order valence-electron chi connectivity index (χ3n) is 3.99. The van der Waals surface area contributed by atoms with Crippen LogP contribution in [0.1, 0.15) is 5.56 Å². The zero-order valence-corrected chi connectivity index (χ0v) is 14.8. The van der Waals surface area contributed by atoms with E-state index in [1.54, 1.807) is 30.3 Å². The van der Waals surface area contributed by atoms with Crippen molar-refractivity contribution in [2.45, 2.75) is 6.61 Å². The fourth-order valence-electron chi connectivity index (χ4n) is 2.65. The molecule has 4 rings (SSSR count). The predicted octanol–water partition coefficient (Wildman–Crippen LogP) is 4.65. The highest BCUT2D eigenvalue weighted by atomic mass is 35.5. The van der Waals surface area contributed by atoms with Crippen LogP contribution < -0.4 is 10.5 Å². The van der Waals surface area contributed by atoms with Gasteiger partial charge in [-0.3, -0.25) is 0 Å². The number of anilines is 1. The number of nitrogens with two attached hydrogens (primary N) is 1. The van der Waals surface area contributed by atoms with E-state index in [4.69, 9.17) is 22.1 Å². The number of aromatic nitrogens is 3. The quantitative estimate of drug-likeness (QED) is 0.558. The van der Waals surface area contributed by atoms with Crippen molar-refractivity contribution in [3.05, 3.63) is 77.1 Å². The number of nitrogens with zero attached hydrogens (tertiary/aromatic N) is 3.